The van der Waals surface area contributed by atoms with Gasteiger partial charge in [-0.1, -0.05) is 17.7 Å². The topological polar surface area (TPSA) is 65.7 Å². The summed E-state index contributed by atoms with van der Waals surface area (Å²) in [6, 6.07) is 12.6. The molecule has 134 valence electrons. The summed E-state index contributed by atoms with van der Waals surface area (Å²) in [4.78, 5) is 24.4. The summed E-state index contributed by atoms with van der Waals surface area (Å²) in [5.41, 5.74) is 2.42. The number of ether oxygens (including phenoxy) is 2. The smallest absolute Gasteiger partial charge is 0.339 e. The minimum atomic E-state index is -0.439. The van der Waals surface area contributed by atoms with Crippen LogP contribution in [0.3, 0.4) is 0 Å². The lowest BCUT2D eigenvalue weighted by Crippen LogP contribution is -2.15. The Morgan fingerprint density at radius 3 is 2.42 bits per heavy atom. The van der Waals surface area contributed by atoms with E-state index in [1.807, 2.05) is 38.1 Å². The van der Waals surface area contributed by atoms with Gasteiger partial charge in [-0.05, 0) is 50.1 Å². The monoisotopic (exact) mass is 352 g/mol. The molecule has 1 aromatic heterocycles. The lowest BCUT2D eigenvalue weighted by Gasteiger charge is -2.09. The summed E-state index contributed by atoms with van der Waals surface area (Å²) in [5.74, 6) is 0.729. The van der Waals surface area contributed by atoms with Crippen molar-refractivity contribution in [3.63, 3.8) is 0 Å². The van der Waals surface area contributed by atoms with E-state index >= 15 is 0 Å². The predicted molar refractivity (Wildman–Crippen MR) is 98.9 cm³/mol. The zero-order valence-electron chi connectivity index (χ0n) is 15.0. The summed E-state index contributed by atoms with van der Waals surface area (Å²) in [6.07, 6.45) is 0.363. The van der Waals surface area contributed by atoms with Gasteiger partial charge in [0.25, 0.3) is 0 Å². The van der Waals surface area contributed by atoms with Gasteiger partial charge in [0, 0.05) is 17.0 Å². The van der Waals surface area contributed by atoms with E-state index in [1.165, 1.54) is 0 Å². The van der Waals surface area contributed by atoms with Crippen molar-refractivity contribution < 1.29 is 18.7 Å². The lowest BCUT2D eigenvalue weighted by atomic mass is 10.0. The molecule has 0 unspecified atom stereocenters. The van der Waals surface area contributed by atoms with Gasteiger partial charge in [0.2, 0.25) is 0 Å². The third-order valence-corrected chi connectivity index (χ3v) is 4.33. The van der Waals surface area contributed by atoms with Crippen molar-refractivity contribution in [2.24, 2.45) is 0 Å². The van der Waals surface area contributed by atoms with E-state index < -0.39 is 5.63 Å². The van der Waals surface area contributed by atoms with Crippen LogP contribution in [0.15, 0.2) is 51.7 Å². The largest absolute Gasteiger partial charge is 0.497 e. The molecule has 0 radical (unpaired) electrons. The van der Waals surface area contributed by atoms with Crippen LogP contribution in [-0.2, 0) is 11.2 Å². The minimum absolute atomic E-state index is 0.0984. The van der Waals surface area contributed by atoms with E-state index in [0.29, 0.717) is 22.6 Å². The summed E-state index contributed by atoms with van der Waals surface area (Å²) in [6.45, 7) is 3.81. The second-order valence-corrected chi connectivity index (χ2v) is 6.14. The third-order valence-electron chi connectivity index (χ3n) is 4.33. The molecule has 0 amide bonds. The highest BCUT2D eigenvalue weighted by atomic mass is 16.5. The molecule has 0 spiro atoms. The van der Waals surface area contributed by atoms with Crippen LogP contribution in [0.25, 0.3) is 11.0 Å². The van der Waals surface area contributed by atoms with Crippen LogP contribution in [0, 0.1) is 13.8 Å². The van der Waals surface area contributed by atoms with Crippen LogP contribution in [0.4, 0.5) is 0 Å². The number of hydrogen-bond donors (Lipinski definition) is 0. The molecule has 0 N–H and O–H groups in total. The number of hydrogen-bond acceptors (Lipinski definition) is 5. The molecular weight excluding hydrogens is 332 g/mol. The van der Waals surface area contributed by atoms with Crippen LogP contribution >= 0.6 is 0 Å². The molecule has 0 saturated heterocycles. The average Bonchev–Trinajstić information content (AvgIpc) is 2.63. The van der Waals surface area contributed by atoms with Crippen molar-refractivity contribution in [2.45, 2.75) is 26.7 Å². The average molecular weight is 352 g/mol. The van der Waals surface area contributed by atoms with Crippen LogP contribution in [0.2, 0.25) is 0 Å². The molecule has 0 atom stereocenters. The van der Waals surface area contributed by atoms with Crippen LogP contribution < -0.4 is 15.1 Å². The fourth-order valence-electron chi connectivity index (χ4n) is 2.81. The minimum Gasteiger partial charge on any atom is -0.497 e. The molecule has 0 fully saturated rings. The van der Waals surface area contributed by atoms with Gasteiger partial charge in [0.05, 0.1) is 13.5 Å². The number of carbonyl (C=O) groups is 1. The Bertz CT molecular complexity index is 999. The van der Waals surface area contributed by atoms with E-state index in [2.05, 4.69) is 0 Å². The number of rotatable bonds is 5. The van der Waals surface area contributed by atoms with Gasteiger partial charge in [-0.2, -0.15) is 0 Å². The maximum absolute atomic E-state index is 12.3. The molecule has 5 nitrogen and oxygen atoms in total. The van der Waals surface area contributed by atoms with Crippen molar-refractivity contribution in [3.05, 3.63) is 69.6 Å². The molecule has 0 aliphatic carbocycles. The third kappa shape index (κ3) is 3.77. The fourth-order valence-corrected chi connectivity index (χ4v) is 2.81. The summed E-state index contributed by atoms with van der Waals surface area (Å²) < 4.78 is 15.8. The first-order chi connectivity index (χ1) is 12.5. The number of benzene rings is 2. The van der Waals surface area contributed by atoms with Gasteiger partial charge in [0.15, 0.2) is 0 Å². The molecular formula is C21H20O5. The van der Waals surface area contributed by atoms with Crippen molar-refractivity contribution in [2.75, 3.05) is 7.11 Å². The Morgan fingerprint density at radius 1 is 1.04 bits per heavy atom. The van der Waals surface area contributed by atoms with E-state index in [9.17, 15) is 9.59 Å². The number of carbonyl (C=O) groups excluding carboxylic acids is 1. The Labute approximate surface area is 151 Å². The van der Waals surface area contributed by atoms with Gasteiger partial charge in [-0.3, -0.25) is 4.79 Å². The second-order valence-electron chi connectivity index (χ2n) is 6.14. The van der Waals surface area contributed by atoms with Gasteiger partial charge in [-0.25, -0.2) is 4.79 Å². The Balaban J connectivity index is 1.77. The van der Waals surface area contributed by atoms with Crippen LogP contribution in [0.5, 0.6) is 11.5 Å². The standard InChI is InChI=1S/C21H20O5/c1-13-4-6-15(7-5-13)25-20(22)11-10-18-14(2)17-9-8-16(24-3)12-19(17)26-21(18)23/h4-9,12H,10-11H2,1-3H3. The van der Waals surface area contributed by atoms with E-state index in [0.717, 1.165) is 16.5 Å². The summed E-state index contributed by atoms with van der Waals surface area (Å²) in [7, 11) is 1.56. The molecule has 3 rings (SSSR count). The SMILES string of the molecule is COc1ccc2c(C)c(CCC(=O)Oc3ccc(C)cc3)c(=O)oc2c1. The van der Waals surface area contributed by atoms with Crippen molar-refractivity contribution in [1.82, 2.24) is 0 Å². The molecule has 1 heterocycles. The molecule has 5 heteroatoms. The van der Waals surface area contributed by atoms with E-state index in [4.69, 9.17) is 13.9 Å². The van der Waals surface area contributed by atoms with Gasteiger partial charge >= 0.3 is 11.6 Å². The zero-order chi connectivity index (χ0) is 18.7. The molecule has 3 aromatic rings. The van der Waals surface area contributed by atoms with Crippen molar-refractivity contribution >= 4 is 16.9 Å². The van der Waals surface area contributed by atoms with Crippen LogP contribution in [0.1, 0.15) is 23.1 Å². The second kappa shape index (κ2) is 7.44. The Hall–Kier alpha value is -3.08. The molecule has 0 aliphatic heterocycles. The van der Waals surface area contributed by atoms with E-state index in [1.54, 1.807) is 25.3 Å². The first kappa shape index (κ1) is 17.7. The van der Waals surface area contributed by atoms with Gasteiger partial charge < -0.3 is 13.9 Å². The van der Waals surface area contributed by atoms with Crippen LogP contribution in [-0.4, -0.2) is 13.1 Å². The van der Waals surface area contributed by atoms with Crippen molar-refractivity contribution in [1.29, 1.82) is 0 Å². The molecule has 0 aliphatic rings. The highest BCUT2D eigenvalue weighted by Gasteiger charge is 2.14. The highest BCUT2D eigenvalue weighted by Crippen LogP contribution is 2.24. The number of aryl methyl sites for hydroxylation is 2. The summed E-state index contributed by atoms with van der Waals surface area (Å²) >= 11 is 0. The van der Waals surface area contributed by atoms with Gasteiger partial charge in [-0.15, -0.1) is 0 Å². The molecule has 0 saturated carbocycles. The number of methoxy groups -OCH3 is 1. The molecule has 0 bridgehead atoms. The van der Waals surface area contributed by atoms with Gasteiger partial charge in [0.1, 0.15) is 17.1 Å². The Kier molecular flexibility index (Phi) is 5.07. The fraction of sp³-hybridized carbons (Fsp3) is 0.238. The zero-order valence-corrected chi connectivity index (χ0v) is 15.0. The first-order valence-electron chi connectivity index (χ1n) is 8.35. The summed E-state index contributed by atoms with van der Waals surface area (Å²) in [5, 5.41) is 0.826. The maximum Gasteiger partial charge on any atom is 0.339 e. The predicted octanol–water partition coefficient (Wildman–Crippen LogP) is 3.96. The highest BCUT2D eigenvalue weighted by molar-refractivity contribution is 5.82. The number of fused-ring (bicyclic) bond motifs is 1. The maximum atomic E-state index is 12.3. The van der Waals surface area contributed by atoms with E-state index in [-0.39, 0.29) is 18.8 Å². The molecule has 2 aromatic carbocycles. The quantitative estimate of drug-likeness (QED) is 0.395. The Morgan fingerprint density at radius 2 is 1.73 bits per heavy atom. The lowest BCUT2D eigenvalue weighted by molar-refractivity contribution is -0.134. The normalized spacial score (nSPS) is 10.7. The van der Waals surface area contributed by atoms with Crippen molar-refractivity contribution in [3.8, 4) is 11.5 Å². The first-order valence-corrected chi connectivity index (χ1v) is 8.35. The number of esters is 1. The molecule has 26 heavy (non-hydrogen) atoms.